The number of hydrogen-bond donors (Lipinski definition) is 1. The van der Waals surface area contributed by atoms with Crippen molar-refractivity contribution in [2.24, 2.45) is 0 Å². The highest BCUT2D eigenvalue weighted by atomic mass is 35.5. The third-order valence-electron chi connectivity index (χ3n) is 2.91. The topological polar surface area (TPSA) is 45.8 Å². The Morgan fingerprint density at radius 3 is 2.55 bits per heavy atom. The number of aromatic nitrogens is 2. The molecule has 0 spiro atoms. The van der Waals surface area contributed by atoms with Crippen LogP contribution in [0.4, 0.5) is 8.78 Å². The van der Waals surface area contributed by atoms with Crippen molar-refractivity contribution in [3.05, 3.63) is 63.5 Å². The van der Waals surface area contributed by atoms with Gasteiger partial charge in [0.1, 0.15) is 16.7 Å². The van der Waals surface area contributed by atoms with E-state index in [1.807, 2.05) is 0 Å². The quantitative estimate of drug-likeness (QED) is 0.698. The Kier molecular flexibility index (Phi) is 2.99. The van der Waals surface area contributed by atoms with Gasteiger partial charge >= 0.3 is 0 Å². The van der Waals surface area contributed by atoms with E-state index in [2.05, 4.69) is 9.97 Å². The molecular weight excluding hydrogens is 286 g/mol. The molecule has 0 bridgehead atoms. The molecule has 0 aliphatic rings. The first kappa shape index (κ1) is 12.7. The lowest BCUT2D eigenvalue weighted by Gasteiger charge is -2.05. The highest BCUT2D eigenvalue weighted by molar-refractivity contribution is 6.31. The maximum Gasteiger partial charge on any atom is 0.257 e. The number of aromatic amines is 1. The lowest BCUT2D eigenvalue weighted by molar-refractivity contribution is 0.585. The molecule has 3 nitrogen and oxygen atoms in total. The van der Waals surface area contributed by atoms with Crippen molar-refractivity contribution in [1.82, 2.24) is 9.97 Å². The molecule has 20 heavy (non-hydrogen) atoms. The minimum Gasteiger partial charge on any atom is -0.321 e. The molecular formula is C14H7ClF2N2O. The van der Waals surface area contributed by atoms with Gasteiger partial charge in [0.15, 0.2) is 0 Å². The molecule has 0 unspecified atom stereocenters. The number of benzene rings is 1. The Balaban J connectivity index is 2.27. The molecule has 0 atom stereocenters. The van der Waals surface area contributed by atoms with E-state index in [-0.39, 0.29) is 16.8 Å². The van der Waals surface area contributed by atoms with Crippen molar-refractivity contribution in [2.75, 3.05) is 0 Å². The van der Waals surface area contributed by atoms with Gasteiger partial charge in [-0.15, -0.1) is 0 Å². The Morgan fingerprint density at radius 1 is 1.15 bits per heavy atom. The minimum absolute atomic E-state index is 0.189. The summed E-state index contributed by atoms with van der Waals surface area (Å²) in [6.45, 7) is 0. The van der Waals surface area contributed by atoms with Crippen LogP contribution in [0.5, 0.6) is 0 Å². The van der Waals surface area contributed by atoms with Gasteiger partial charge in [-0.2, -0.15) is 0 Å². The van der Waals surface area contributed by atoms with E-state index < -0.39 is 16.7 Å². The van der Waals surface area contributed by atoms with E-state index in [0.29, 0.717) is 10.9 Å². The normalized spacial score (nSPS) is 10.9. The highest BCUT2D eigenvalue weighted by Crippen LogP contribution is 2.26. The number of rotatable bonds is 1. The fourth-order valence-electron chi connectivity index (χ4n) is 1.95. The second-order valence-corrected chi connectivity index (χ2v) is 4.58. The average molecular weight is 293 g/mol. The third-order valence-corrected chi connectivity index (χ3v) is 3.27. The summed E-state index contributed by atoms with van der Waals surface area (Å²) in [5.41, 5.74) is 0.535. The first-order valence-electron chi connectivity index (χ1n) is 5.69. The maximum absolute atomic E-state index is 13.5. The van der Waals surface area contributed by atoms with Crippen LogP contribution in [0.1, 0.15) is 0 Å². The lowest BCUT2D eigenvalue weighted by Crippen LogP contribution is -2.08. The minimum atomic E-state index is -0.886. The maximum atomic E-state index is 13.5. The highest BCUT2D eigenvalue weighted by Gasteiger charge is 2.11. The monoisotopic (exact) mass is 292 g/mol. The SMILES string of the molecule is O=c1[nH]c(-c2cc(F)c(Cl)c(F)c2)cc2ncccc12. The van der Waals surface area contributed by atoms with Crippen LogP contribution < -0.4 is 5.56 Å². The Morgan fingerprint density at radius 2 is 1.85 bits per heavy atom. The first-order valence-corrected chi connectivity index (χ1v) is 6.07. The lowest BCUT2D eigenvalue weighted by atomic mass is 10.1. The first-order chi connectivity index (χ1) is 9.56. The molecule has 0 amide bonds. The number of nitrogens with zero attached hydrogens (tertiary/aromatic N) is 1. The summed E-state index contributed by atoms with van der Waals surface area (Å²) in [7, 11) is 0. The number of halogens is 3. The Labute approximate surface area is 116 Å². The van der Waals surface area contributed by atoms with E-state index in [1.54, 1.807) is 18.2 Å². The predicted molar refractivity (Wildman–Crippen MR) is 72.7 cm³/mol. The van der Waals surface area contributed by atoms with E-state index in [0.717, 1.165) is 12.1 Å². The summed E-state index contributed by atoms with van der Waals surface area (Å²) < 4.78 is 26.9. The van der Waals surface area contributed by atoms with Gasteiger partial charge in [0.05, 0.1) is 16.6 Å². The van der Waals surface area contributed by atoms with Gasteiger partial charge < -0.3 is 4.98 Å². The molecule has 6 heteroatoms. The summed E-state index contributed by atoms with van der Waals surface area (Å²) in [5.74, 6) is -1.77. The number of fused-ring (bicyclic) bond motifs is 1. The van der Waals surface area contributed by atoms with Crippen LogP contribution >= 0.6 is 11.6 Å². The van der Waals surface area contributed by atoms with Gasteiger partial charge in [-0.25, -0.2) is 8.78 Å². The predicted octanol–water partition coefficient (Wildman–Crippen LogP) is 3.52. The van der Waals surface area contributed by atoms with Crippen LogP contribution in [0.2, 0.25) is 5.02 Å². The smallest absolute Gasteiger partial charge is 0.257 e. The van der Waals surface area contributed by atoms with Crippen LogP contribution in [0.25, 0.3) is 22.2 Å². The molecule has 2 heterocycles. The Hall–Kier alpha value is -2.27. The molecule has 1 aromatic carbocycles. The second kappa shape index (κ2) is 4.68. The van der Waals surface area contributed by atoms with Crippen LogP contribution in [0.3, 0.4) is 0 Å². The molecule has 0 radical (unpaired) electrons. The van der Waals surface area contributed by atoms with Gasteiger partial charge in [0.2, 0.25) is 0 Å². The van der Waals surface area contributed by atoms with Crippen molar-refractivity contribution in [1.29, 1.82) is 0 Å². The fourth-order valence-corrected chi connectivity index (χ4v) is 2.06. The average Bonchev–Trinajstić information content (AvgIpc) is 2.44. The summed E-state index contributed by atoms with van der Waals surface area (Å²) in [6.07, 6.45) is 1.54. The van der Waals surface area contributed by atoms with Crippen molar-refractivity contribution in [3.8, 4) is 11.3 Å². The largest absolute Gasteiger partial charge is 0.321 e. The molecule has 100 valence electrons. The molecule has 0 saturated carbocycles. The third kappa shape index (κ3) is 2.06. The van der Waals surface area contributed by atoms with Crippen molar-refractivity contribution >= 4 is 22.5 Å². The number of hydrogen-bond acceptors (Lipinski definition) is 2. The van der Waals surface area contributed by atoms with E-state index in [9.17, 15) is 13.6 Å². The molecule has 0 aliphatic carbocycles. The van der Waals surface area contributed by atoms with Gasteiger partial charge in [-0.3, -0.25) is 9.78 Å². The summed E-state index contributed by atoms with van der Waals surface area (Å²) in [5, 5.41) is -0.166. The molecule has 2 aromatic heterocycles. The van der Waals surface area contributed by atoms with Crippen molar-refractivity contribution < 1.29 is 8.78 Å². The van der Waals surface area contributed by atoms with Gasteiger partial charge in [-0.05, 0) is 30.3 Å². The molecule has 1 N–H and O–H groups in total. The summed E-state index contributed by atoms with van der Waals surface area (Å²) >= 11 is 5.43. The fraction of sp³-hybridized carbons (Fsp3) is 0. The molecule has 0 aliphatic heterocycles. The molecule has 3 aromatic rings. The second-order valence-electron chi connectivity index (χ2n) is 4.20. The number of pyridine rings is 2. The molecule has 0 fully saturated rings. The van der Waals surface area contributed by atoms with Crippen LogP contribution in [-0.2, 0) is 0 Å². The zero-order valence-corrected chi connectivity index (χ0v) is 10.7. The zero-order chi connectivity index (χ0) is 14.3. The van der Waals surface area contributed by atoms with Crippen molar-refractivity contribution in [3.63, 3.8) is 0 Å². The Bertz CT molecular complexity index is 853. The van der Waals surface area contributed by atoms with E-state index in [1.165, 1.54) is 6.20 Å². The number of H-pyrrole nitrogens is 1. The molecule has 3 rings (SSSR count). The van der Waals surface area contributed by atoms with Gasteiger partial charge in [0, 0.05) is 11.8 Å². The zero-order valence-electron chi connectivity index (χ0n) is 9.95. The van der Waals surface area contributed by atoms with Crippen LogP contribution in [0.15, 0.2) is 41.3 Å². The van der Waals surface area contributed by atoms with E-state index in [4.69, 9.17) is 11.6 Å². The van der Waals surface area contributed by atoms with Crippen LogP contribution in [0, 0.1) is 11.6 Å². The van der Waals surface area contributed by atoms with Gasteiger partial charge in [-0.1, -0.05) is 11.6 Å². The van der Waals surface area contributed by atoms with Crippen molar-refractivity contribution in [2.45, 2.75) is 0 Å². The van der Waals surface area contributed by atoms with E-state index >= 15 is 0 Å². The summed E-state index contributed by atoms with van der Waals surface area (Å²) in [6, 6.07) is 6.93. The standard InChI is InChI=1S/C14H7ClF2N2O/c15-13-9(16)4-7(5-10(13)17)11-6-12-8(14(20)19-11)2-1-3-18-12/h1-6H,(H,19,20). The van der Waals surface area contributed by atoms with Crippen LogP contribution in [-0.4, -0.2) is 9.97 Å². The van der Waals surface area contributed by atoms with Gasteiger partial charge in [0.25, 0.3) is 5.56 Å². The summed E-state index contributed by atoms with van der Waals surface area (Å²) in [4.78, 5) is 18.5. The number of nitrogens with one attached hydrogen (secondary N) is 1. The molecule has 0 saturated heterocycles.